The van der Waals surface area contributed by atoms with E-state index in [1.54, 1.807) is 0 Å². The molecule has 2 atom stereocenters. The van der Waals surface area contributed by atoms with Gasteiger partial charge in [0.15, 0.2) is 0 Å². The largest absolute Gasteiger partial charge is 0.396 e. The SMILES string of the molecule is CCCCCCCCCCCCCCCCCC(=O)C(CCO)C(=O)OC(=O)C(CCO)C(=O)CCCCCCCCCCCCCCCCC. The Kier molecular flexibility index (Phi) is 36.9. The lowest BCUT2D eigenvalue weighted by molar-refractivity contribution is -0.167. The molecule has 0 saturated carbocycles. The molecule has 0 aliphatic carbocycles. The lowest BCUT2D eigenvalue weighted by atomic mass is 9.94. The number of aliphatic hydroxyl groups is 2. The van der Waals surface area contributed by atoms with Gasteiger partial charge in [-0.25, -0.2) is 0 Å². The molecule has 0 heterocycles. The Labute approximate surface area is 314 Å². The number of aliphatic hydroxyl groups excluding tert-OH is 2. The third-order valence-electron chi connectivity index (χ3n) is 10.4. The van der Waals surface area contributed by atoms with Crippen LogP contribution in [-0.2, 0) is 23.9 Å². The molecule has 0 aliphatic rings. The molecule has 2 N–H and O–H groups in total. The summed E-state index contributed by atoms with van der Waals surface area (Å²) in [4.78, 5) is 51.4. The molecule has 0 amide bonds. The molecule has 0 rings (SSSR count). The van der Waals surface area contributed by atoms with Crippen LogP contribution in [0, 0.1) is 11.8 Å². The molecule has 0 aromatic heterocycles. The van der Waals surface area contributed by atoms with Gasteiger partial charge in [0, 0.05) is 26.1 Å². The fourth-order valence-corrected chi connectivity index (χ4v) is 7.01. The molecular formula is C44H82O7. The van der Waals surface area contributed by atoms with Crippen LogP contribution in [0.25, 0.3) is 0 Å². The van der Waals surface area contributed by atoms with Crippen LogP contribution in [0.1, 0.15) is 232 Å². The van der Waals surface area contributed by atoms with Crippen LogP contribution < -0.4 is 0 Å². The van der Waals surface area contributed by atoms with Gasteiger partial charge in [0.2, 0.25) is 0 Å². The lowest BCUT2D eigenvalue weighted by Gasteiger charge is -2.17. The van der Waals surface area contributed by atoms with Gasteiger partial charge >= 0.3 is 11.9 Å². The van der Waals surface area contributed by atoms with Crippen molar-refractivity contribution in [2.75, 3.05) is 13.2 Å². The number of rotatable bonds is 40. The molecule has 2 unspecified atom stereocenters. The predicted molar refractivity (Wildman–Crippen MR) is 211 cm³/mol. The summed E-state index contributed by atoms with van der Waals surface area (Å²) in [7, 11) is 0. The average Bonchev–Trinajstić information content (AvgIpc) is 3.12. The molecule has 300 valence electrons. The molecule has 0 aliphatic heterocycles. The highest BCUT2D eigenvalue weighted by molar-refractivity contribution is 6.06. The van der Waals surface area contributed by atoms with E-state index in [2.05, 4.69) is 13.8 Å². The van der Waals surface area contributed by atoms with E-state index in [9.17, 15) is 29.4 Å². The van der Waals surface area contributed by atoms with Crippen molar-refractivity contribution in [2.45, 2.75) is 232 Å². The Bertz CT molecular complexity index is 760. The minimum atomic E-state index is -1.22. The van der Waals surface area contributed by atoms with E-state index in [-0.39, 0.29) is 50.5 Å². The molecule has 0 aromatic carbocycles. The number of hydrogen-bond acceptors (Lipinski definition) is 7. The van der Waals surface area contributed by atoms with Crippen molar-refractivity contribution in [1.82, 2.24) is 0 Å². The first-order valence-corrected chi connectivity index (χ1v) is 21.9. The maximum Gasteiger partial charge on any atom is 0.324 e. The Hall–Kier alpha value is -1.60. The third kappa shape index (κ3) is 30.6. The van der Waals surface area contributed by atoms with Crippen molar-refractivity contribution >= 4 is 23.5 Å². The van der Waals surface area contributed by atoms with Crippen LogP contribution in [0.15, 0.2) is 0 Å². The number of ether oxygens (including phenoxy) is 1. The first kappa shape index (κ1) is 49.4. The number of esters is 2. The molecule has 51 heavy (non-hydrogen) atoms. The minimum absolute atomic E-state index is 0.110. The number of ketones is 2. The van der Waals surface area contributed by atoms with E-state index in [4.69, 9.17) is 4.74 Å². The molecule has 7 nitrogen and oxygen atoms in total. The predicted octanol–water partition coefficient (Wildman–Crippen LogP) is 11.7. The number of carbonyl (C=O) groups is 4. The quantitative estimate of drug-likeness (QED) is 0.0367. The Balaban J connectivity index is 4.18. The van der Waals surface area contributed by atoms with Gasteiger partial charge in [-0.05, 0) is 25.7 Å². The average molecular weight is 723 g/mol. The summed E-state index contributed by atoms with van der Waals surface area (Å²) < 4.78 is 5.04. The Morgan fingerprint density at radius 2 is 0.588 bits per heavy atom. The van der Waals surface area contributed by atoms with E-state index in [0.29, 0.717) is 12.8 Å². The summed E-state index contributed by atoms with van der Waals surface area (Å²) in [6, 6.07) is 0. The van der Waals surface area contributed by atoms with Crippen molar-refractivity contribution in [3.63, 3.8) is 0 Å². The fourth-order valence-electron chi connectivity index (χ4n) is 7.01. The van der Waals surface area contributed by atoms with Crippen LogP contribution in [0.4, 0.5) is 0 Å². The van der Waals surface area contributed by atoms with Gasteiger partial charge in [-0.15, -0.1) is 0 Å². The van der Waals surface area contributed by atoms with Gasteiger partial charge in [0.1, 0.15) is 23.4 Å². The zero-order valence-electron chi connectivity index (χ0n) is 33.5. The molecule has 0 radical (unpaired) electrons. The summed E-state index contributed by atoms with van der Waals surface area (Å²) in [5.74, 6) is -5.10. The minimum Gasteiger partial charge on any atom is -0.396 e. The van der Waals surface area contributed by atoms with Crippen molar-refractivity contribution < 1.29 is 34.1 Å². The Morgan fingerprint density at radius 1 is 0.373 bits per heavy atom. The summed E-state index contributed by atoms with van der Waals surface area (Å²) in [6.07, 6.45) is 36.8. The second kappa shape index (κ2) is 38.1. The van der Waals surface area contributed by atoms with Crippen LogP contribution >= 0.6 is 0 Å². The third-order valence-corrected chi connectivity index (χ3v) is 10.4. The van der Waals surface area contributed by atoms with E-state index in [0.717, 1.165) is 38.5 Å². The van der Waals surface area contributed by atoms with Gasteiger partial charge in [0.05, 0.1) is 0 Å². The topological polar surface area (TPSA) is 118 Å². The van der Waals surface area contributed by atoms with Gasteiger partial charge in [-0.1, -0.05) is 194 Å². The highest BCUT2D eigenvalue weighted by atomic mass is 16.6. The van der Waals surface area contributed by atoms with Gasteiger partial charge < -0.3 is 14.9 Å². The first-order chi connectivity index (χ1) is 24.9. The van der Waals surface area contributed by atoms with Crippen LogP contribution in [-0.4, -0.2) is 46.9 Å². The summed E-state index contributed by atoms with van der Waals surface area (Å²) >= 11 is 0. The van der Waals surface area contributed by atoms with Crippen molar-refractivity contribution in [3.05, 3.63) is 0 Å². The summed E-state index contributed by atoms with van der Waals surface area (Å²) in [6.45, 7) is 3.75. The Morgan fingerprint density at radius 3 is 0.804 bits per heavy atom. The fraction of sp³-hybridized carbons (Fsp3) is 0.909. The lowest BCUT2D eigenvalue weighted by Crippen LogP contribution is -2.34. The second-order valence-corrected chi connectivity index (χ2v) is 15.2. The highest BCUT2D eigenvalue weighted by Gasteiger charge is 2.33. The normalized spacial score (nSPS) is 12.5. The van der Waals surface area contributed by atoms with Gasteiger partial charge in [0.25, 0.3) is 0 Å². The molecule has 0 bridgehead atoms. The smallest absolute Gasteiger partial charge is 0.324 e. The van der Waals surface area contributed by atoms with Crippen molar-refractivity contribution in [1.29, 1.82) is 0 Å². The number of unbranched alkanes of at least 4 members (excludes halogenated alkanes) is 28. The van der Waals surface area contributed by atoms with Crippen molar-refractivity contribution in [3.8, 4) is 0 Å². The summed E-state index contributed by atoms with van der Waals surface area (Å²) in [5.41, 5.74) is 0. The zero-order valence-corrected chi connectivity index (χ0v) is 33.5. The molecule has 0 saturated heterocycles. The number of carbonyl (C=O) groups excluding carboxylic acids is 4. The van der Waals surface area contributed by atoms with Gasteiger partial charge in [-0.2, -0.15) is 0 Å². The highest BCUT2D eigenvalue weighted by Crippen LogP contribution is 2.20. The van der Waals surface area contributed by atoms with E-state index in [1.807, 2.05) is 0 Å². The van der Waals surface area contributed by atoms with E-state index < -0.39 is 23.8 Å². The molecule has 0 fully saturated rings. The van der Waals surface area contributed by atoms with E-state index in [1.165, 1.54) is 141 Å². The molecule has 0 spiro atoms. The van der Waals surface area contributed by atoms with Gasteiger partial charge in [-0.3, -0.25) is 19.2 Å². The molecule has 0 aromatic rings. The van der Waals surface area contributed by atoms with Crippen LogP contribution in [0.3, 0.4) is 0 Å². The van der Waals surface area contributed by atoms with E-state index >= 15 is 0 Å². The van der Waals surface area contributed by atoms with Crippen LogP contribution in [0.5, 0.6) is 0 Å². The second-order valence-electron chi connectivity index (χ2n) is 15.2. The number of hydrogen-bond donors (Lipinski definition) is 2. The maximum atomic E-state index is 12.9. The summed E-state index contributed by atoms with van der Waals surface area (Å²) in [5, 5.41) is 19.0. The van der Waals surface area contributed by atoms with Crippen molar-refractivity contribution in [2.24, 2.45) is 11.8 Å². The maximum absolute atomic E-state index is 12.9. The number of Topliss-reactive ketones (excluding diaryl/α,β-unsaturated/α-hetero) is 2. The van der Waals surface area contributed by atoms with Crippen LogP contribution in [0.2, 0.25) is 0 Å². The monoisotopic (exact) mass is 723 g/mol. The standard InChI is InChI=1S/C44H82O7/c1-3-5-7-9-11-13-15-17-19-21-23-25-27-29-31-33-41(47)39(35-37-45)43(49)51-44(50)40(36-38-46)42(48)34-32-30-28-26-24-22-20-18-16-14-12-10-8-6-4-2/h39-40,45-46H,3-38H2,1-2H3. The molecule has 7 heteroatoms. The first-order valence-electron chi connectivity index (χ1n) is 21.9. The zero-order chi connectivity index (χ0) is 37.6. The molecular weight excluding hydrogens is 640 g/mol.